The molecule has 0 amide bonds. The van der Waals surface area contributed by atoms with Crippen LogP contribution in [0.3, 0.4) is 0 Å². The van der Waals surface area contributed by atoms with Crippen LogP contribution in [0.25, 0.3) is 44.3 Å². The van der Waals surface area contributed by atoms with Crippen molar-refractivity contribution < 1.29 is 4.42 Å². The van der Waals surface area contributed by atoms with E-state index < -0.39 is 0 Å². The van der Waals surface area contributed by atoms with E-state index in [9.17, 15) is 0 Å². The van der Waals surface area contributed by atoms with Crippen molar-refractivity contribution >= 4 is 21.9 Å². The van der Waals surface area contributed by atoms with Crippen molar-refractivity contribution in [3.05, 3.63) is 90.6 Å². The lowest BCUT2D eigenvalue weighted by molar-refractivity contribution is 0.670. The monoisotopic (exact) mass is 363 g/mol. The van der Waals surface area contributed by atoms with Gasteiger partial charge in [0.15, 0.2) is 0 Å². The summed E-state index contributed by atoms with van der Waals surface area (Å²) in [7, 11) is 0. The molecule has 0 aliphatic rings. The predicted octanol–water partition coefficient (Wildman–Crippen LogP) is 7.44. The molecule has 2 nitrogen and oxygen atoms in total. The molecule has 0 bridgehead atoms. The average molecular weight is 363 g/mol. The number of furan rings is 1. The zero-order valence-corrected chi connectivity index (χ0v) is 16.0. The number of fused-ring (bicyclic) bond motifs is 3. The second-order valence-corrected chi connectivity index (χ2v) is 7.49. The van der Waals surface area contributed by atoms with Crippen LogP contribution in [0, 0.1) is 0 Å². The average Bonchev–Trinajstić information content (AvgIpc) is 3.12. The first kappa shape index (κ1) is 16.8. The largest absolute Gasteiger partial charge is 0.455 e. The molecule has 2 heteroatoms. The third-order valence-corrected chi connectivity index (χ3v) is 5.33. The van der Waals surface area contributed by atoms with E-state index in [1.807, 2.05) is 12.3 Å². The lowest BCUT2D eigenvalue weighted by Gasteiger charge is -2.07. The quantitative estimate of drug-likeness (QED) is 0.333. The summed E-state index contributed by atoms with van der Waals surface area (Å²) in [4.78, 5) is 4.60. The molecule has 0 radical (unpaired) electrons. The molecule has 2 aromatic heterocycles. The van der Waals surface area contributed by atoms with Crippen LogP contribution in [0.1, 0.15) is 25.3 Å². The van der Waals surface area contributed by atoms with Gasteiger partial charge in [-0.2, -0.15) is 0 Å². The predicted molar refractivity (Wildman–Crippen MR) is 116 cm³/mol. The molecule has 0 saturated carbocycles. The van der Waals surface area contributed by atoms with Gasteiger partial charge in [-0.15, -0.1) is 0 Å². The second kappa shape index (κ2) is 6.65. The SMILES string of the molecule is CC(C)c1ccnc(-c2ccc3oc4c(-c5ccccc5)cccc4c3c2)c1. The molecule has 0 aliphatic carbocycles. The molecule has 0 unspecified atom stereocenters. The molecule has 136 valence electrons. The zero-order chi connectivity index (χ0) is 19.1. The minimum atomic E-state index is 0.480. The number of hydrogen-bond donors (Lipinski definition) is 0. The minimum absolute atomic E-state index is 0.480. The van der Waals surface area contributed by atoms with Gasteiger partial charge in [0.2, 0.25) is 0 Å². The summed E-state index contributed by atoms with van der Waals surface area (Å²) in [6, 6.07) is 27.4. The second-order valence-electron chi connectivity index (χ2n) is 7.49. The number of nitrogens with zero attached hydrogens (tertiary/aromatic N) is 1. The third-order valence-electron chi connectivity index (χ3n) is 5.33. The Balaban J connectivity index is 1.70. The number of para-hydroxylation sites is 1. The van der Waals surface area contributed by atoms with Gasteiger partial charge in [0.1, 0.15) is 11.2 Å². The summed E-state index contributed by atoms with van der Waals surface area (Å²) in [5.74, 6) is 0.480. The standard InChI is InChI=1S/C26H21NO/c1-17(2)19-13-14-27-24(16-19)20-11-12-25-23(15-20)22-10-6-9-21(26(22)28-25)18-7-4-3-5-8-18/h3-17H,1-2H3. The first-order chi connectivity index (χ1) is 13.7. The van der Waals surface area contributed by atoms with Crippen molar-refractivity contribution in [3.8, 4) is 22.4 Å². The summed E-state index contributed by atoms with van der Waals surface area (Å²) in [5.41, 5.74) is 7.54. The van der Waals surface area contributed by atoms with Gasteiger partial charge in [-0.3, -0.25) is 4.98 Å². The lowest BCUT2D eigenvalue weighted by Crippen LogP contribution is -1.90. The van der Waals surface area contributed by atoms with Gasteiger partial charge in [-0.05, 0) is 47.4 Å². The molecule has 5 rings (SSSR count). The molecule has 0 N–H and O–H groups in total. The van der Waals surface area contributed by atoms with Gasteiger partial charge in [-0.1, -0.05) is 62.4 Å². The molecule has 0 fully saturated rings. The van der Waals surface area contributed by atoms with E-state index in [2.05, 4.69) is 91.6 Å². The van der Waals surface area contributed by atoms with Crippen LogP contribution < -0.4 is 0 Å². The third kappa shape index (κ3) is 2.78. The number of rotatable bonds is 3. The Kier molecular flexibility index (Phi) is 3.98. The van der Waals surface area contributed by atoms with E-state index in [1.165, 1.54) is 11.1 Å². The molecular weight excluding hydrogens is 342 g/mol. The van der Waals surface area contributed by atoms with Gasteiger partial charge < -0.3 is 4.42 Å². The van der Waals surface area contributed by atoms with Gasteiger partial charge in [0.25, 0.3) is 0 Å². The van der Waals surface area contributed by atoms with Gasteiger partial charge in [0, 0.05) is 28.1 Å². The zero-order valence-electron chi connectivity index (χ0n) is 16.0. The number of benzene rings is 3. The highest BCUT2D eigenvalue weighted by Crippen LogP contribution is 2.37. The van der Waals surface area contributed by atoms with Crippen LogP contribution in [0.2, 0.25) is 0 Å². The fraction of sp³-hybridized carbons (Fsp3) is 0.115. The van der Waals surface area contributed by atoms with Crippen LogP contribution in [0.5, 0.6) is 0 Å². The van der Waals surface area contributed by atoms with Gasteiger partial charge >= 0.3 is 0 Å². The summed E-state index contributed by atoms with van der Waals surface area (Å²) in [6.45, 7) is 4.41. The molecule has 5 aromatic rings. The van der Waals surface area contributed by atoms with E-state index in [0.29, 0.717) is 5.92 Å². The van der Waals surface area contributed by atoms with E-state index >= 15 is 0 Å². The highest BCUT2D eigenvalue weighted by molar-refractivity contribution is 6.10. The Morgan fingerprint density at radius 3 is 2.43 bits per heavy atom. The van der Waals surface area contributed by atoms with Crippen LogP contribution >= 0.6 is 0 Å². The molecule has 3 aromatic carbocycles. The molecule has 0 saturated heterocycles. The highest BCUT2D eigenvalue weighted by atomic mass is 16.3. The van der Waals surface area contributed by atoms with Crippen molar-refractivity contribution in [2.75, 3.05) is 0 Å². The molecule has 28 heavy (non-hydrogen) atoms. The minimum Gasteiger partial charge on any atom is -0.455 e. The van der Waals surface area contributed by atoms with E-state index in [1.54, 1.807) is 0 Å². The normalized spacial score (nSPS) is 11.5. The topological polar surface area (TPSA) is 26.0 Å². The Labute approximate surface area is 164 Å². The fourth-order valence-electron chi connectivity index (χ4n) is 3.77. The Hall–Kier alpha value is -3.39. The van der Waals surface area contributed by atoms with Crippen LogP contribution in [0.15, 0.2) is 89.5 Å². The smallest absolute Gasteiger partial charge is 0.143 e. The molecule has 0 atom stereocenters. The van der Waals surface area contributed by atoms with Crippen LogP contribution in [-0.4, -0.2) is 4.98 Å². The van der Waals surface area contributed by atoms with E-state index in [4.69, 9.17) is 4.42 Å². The number of pyridine rings is 1. The summed E-state index contributed by atoms with van der Waals surface area (Å²) in [6.07, 6.45) is 1.90. The lowest BCUT2D eigenvalue weighted by atomic mass is 9.99. The van der Waals surface area contributed by atoms with Gasteiger partial charge in [-0.25, -0.2) is 0 Å². The van der Waals surface area contributed by atoms with E-state index in [-0.39, 0.29) is 0 Å². The number of aromatic nitrogens is 1. The van der Waals surface area contributed by atoms with Crippen molar-refractivity contribution in [1.29, 1.82) is 0 Å². The first-order valence-corrected chi connectivity index (χ1v) is 9.68. The molecule has 2 heterocycles. The maximum Gasteiger partial charge on any atom is 0.143 e. The Morgan fingerprint density at radius 1 is 0.750 bits per heavy atom. The van der Waals surface area contributed by atoms with Crippen molar-refractivity contribution in [1.82, 2.24) is 4.98 Å². The Morgan fingerprint density at radius 2 is 1.61 bits per heavy atom. The molecular formula is C26H21NO. The summed E-state index contributed by atoms with van der Waals surface area (Å²) >= 11 is 0. The first-order valence-electron chi connectivity index (χ1n) is 9.68. The highest BCUT2D eigenvalue weighted by Gasteiger charge is 2.13. The van der Waals surface area contributed by atoms with Gasteiger partial charge in [0.05, 0.1) is 5.69 Å². The fourth-order valence-corrected chi connectivity index (χ4v) is 3.77. The number of hydrogen-bond acceptors (Lipinski definition) is 2. The maximum atomic E-state index is 6.27. The summed E-state index contributed by atoms with van der Waals surface area (Å²) in [5, 5.41) is 2.26. The summed E-state index contributed by atoms with van der Waals surface area (Å²) < 4.78 is 6.27. The van der Waals surface area contributed by atoms with Crippen LogP contribution in [0.4, 0.5) is 0 Å². The molecule has 0 spiro atoms. The maximum absolute atomic E-state index is 6.27. The molecule has 0 aliphatic heterocycles. The Bertz CT molecular complexity index is 1280. The van der Waals surface area contributed by atoms with Crippen LogP contribution in [-0.2, 0) is 0 Å². The van der Waals surface area contributed by atoms with E-state index in [0.717, 1.165) is 38.8 Å². The van der Waals surface area contributed by atoms with Crippen molar-refractivity contribution in [3.63, 3.8) is 0 Å². The van der Waals surface area contributed by atoms with Crippen molar-refractivity contribution in [2.24, 2.45) is 0 Å². The van der Waals surface area contributed by atoms with Crippen molar-refractivity contribution in [2.45, 2.75) is 19.8 Å².